The Labute approximate surface area is 172 Å². The predicted molar refractivity (Wildman–Crippen MR) is 116 cm³/mol. The lowest BCUT2D eigenvalue weighted by atomic mass is 10.1. The number of nitrogens with one attached hydrogen (secondary N) is 2. The first kappa shape index (κ1) is 22.0. The van der Waals surface area contributed by atoms with Gasteiger partial charge in [0.2, 0.25) is 5.88 Å². The molecule has 7 heteroatoms. The summed E-state index contributed by atoms with van der Waals surface area (Å²) < 4.78 is 10.6. The zero-order valence-corrected chi connectivity index (χ0v) is 18.0. The van der Waals surface area contributed by atoms with Gasteiger partial charge in [-0.05, 0) is 37.1 Å². The van der Waals surface area contributed by atoms with Crippen LogP contribution in [0.1, 0.15) is 23.6 Å². The first-order valence-corrected chi connectivity index (χ1v) is 8.31. The number of benzene rings is 1. The molecule has 2 rings (SSSR count). The summed E-state index contributed by atoms with van der Waals surface area (Å²) >= 11 is 0. The van der Waals surface area contributed by atoms with Crippen LogP contribution < -0.4 is 20.1 Å². The van der Waals surface area contributed by atoms with Gasteiger partial charge in [0.1, 0.15) is 5.75 Å². The molecule has 0 radical (unpaired) electrons. The van der Waals surface area contributed by atoms with Crippen LogP contribution in [0.15, 0.2) is 41.5 Å². The fourth-order valence-corrected chi connectivity index (χ4v) is 2.35. The fourth-order valence-electron chi connectivity index (χ4n) is 2.35. The second kappa shape index (κ2) is 11.6. The van der Waals surface area contributed by atoms with E-state index >= 15 is 0 Å². The Morgan fingerprint density at radius 2 is 1.92 bits per heavy atom. The zero-order chi connectivity index (χ0) is 18.1. The summed E-state index contributed by atoms with van der Waals surface area (Å²) in [5.41, 5.74) is 3.30. The van der Waals surface area contributed by atoms with Crippen molar-refractivity contribution in [3.05, 3.63) is 53.2 Å². The summed E-state index contributed by atoms with van der Waals surface area (Å²) in [6, 6.07) is 9.99. The molecule has 1 aromatic heterocycles. The molecule has 0 aliphatic rings. The molecule has 2 aromatic rings. The number of aliphatic imine (C=N–C) groups is 1. The lowest BCUT2D eigenvalue weighted by Gasteiger charge is -2.14. The molecule has 0 amide bonds. The Morgan fingerprint density at radius 3 is 2.62 bits per heavy atom. The molecule has 26 heavy (non-hydrogen) atoms. The molecule has 1 aromatic carbocycles. The summed E-state index contributed by atoms with van der Waals surface area (Å²) in [4.78, 5) is 8.73. The Morgan fingerprint density at radius 1 is 1.12 bits per heavy atom. The second-order valence-corrected chi connectivity index (χ2v) is 5.57. The van der Waals surface area contributed by atoms with E-state index in [9.17, 15) is 0 Å². The molecule has 0 unspecified atom stereocenters. The highest BCUT2D eigenvalue weighted by Gasteiger charge is 2.05. The van der Waals surface area contributed by atoms with Gasteiger partial charge >= 0.3 is 0 Å². The van der Waals surface area contributed by atoms with Crippen molar-refractivity contribution in [2.45, 2.75) is 26.9 Å². The first-order chi connectivity index (χ1) is 12.2. The van der Waals surface area contributed by atoms with Gasteiger partial charge in [0, 0.05) is 30.9 Å². The van der Waals surface area contributed by atoms with Crippen LogP contribution in [0, 0.1) is 6.92 Å². The predicted octanol–water partition coefficient (Wildman–Crippen LogP) is 3.28. The molecule has 0 spiro atoms. The Kier molecular flexibility index (Phi) is 9.79. The normalized spacial score (nSPS) is 10.7. The molecular formula is C19H27IN4O2. The average molecular weight is 470 g/mol. The van der Waals surface area contributed by atoms with E-state index in [1.54, 1.807) is 20.4 Å². The van der Waals surface area contributed by atoms with E-state index in [-0.39, 0.29) is 24.0 Å². The second-order valence-electron chi connectivity index (χ2n) is 5.57. The van der Waals surface area contributed by atoms with Crippen molar-refractivity contribution < 1.29 is 9.47 Å². The number of methoxy groups -OCH3 is 2. The van der Waals surface area contributed by atoms with Crippen LogP contribution in [0.5, 0.6) is 11.6 Å². The molecule has 2 N–H and O–H groups in total. The summed E-state index contributed by atoms with van der Waals surface area (Å²) in [5, 5.41) is 6.59. The van der Waals surface area contributed by atoms with E-state index in [4.69, 9.17) is 9.47 Å². The van der Waals surface area contributed by atoms with Crippen LogP contribution in [-0.2, 0) is 13.1 Å². The van der Waals surface area contributed by atoms with Crippen molar-refractivity contribution in [2.75, 3.05) is 20.8 Å². The summed E-state index contributed by atoms with van der Waals surface area (Å²) in [7, 11) is 3.30. The van der Waals surface area contributed by atoms with E-state index in [1.807, 2.05) is 32.0 Å². The third-order valence-electron chi connectivity index (χ3n) is 3.66. The molecule has 0 saturated carbocycles. The van der Waals surface area contributed by atoms with E-state index < -0.39 is 0 Å². The molecule has 6 nitrogen and oxygen atoms in total. The third kappa shape index (κ3) is 6.70. The maximum Gasteiger partial charge on any atom is 0.213 e. The largest absolute Gasteiger partial charge is 0.496 e. The van der Waals surface area contributed by atoms with Gasteiger partial charge in [-0.3, -0.25) is 0 Å². The highest BCUT2D eigenvalue weighted by molar-refractivity contribution is 14.0. The number of aryl methyl sites for hydroxylation is 1. The third-order valence-corrected chi connectivity index (χ3v) is 3.66. The van der Waals surface area contributed by atoms with Crippen molar-refractivity contribution in [2.24, 2.45) is 4.99 Å². The number of guanidine groups is 1. The SMILES string of the molecule is CCNC(=NCc1ccnc(OC)c1)NCc1ccc(C)cc1OC.I. The minimum absolute atomic E-state index is 0. The number of ether oxygens (including phenoxy) is 2. The van der Waals surface area contributed by atoms with Crippen molar-refractivity contribution in [1.29, 1.82) is 0 Å². The smallest absolute Gasteiger partial charge is 0.213 e. The quantitative estimate of drug-likeness (QED) is 0.370. The van der Waals surface area contributed by atoms with Crippen molar-refractivity contribution >= 4 is 29.9 Å². The van der Waals surface area contributed by atoms with Crippen LogP contribution in [-0.4, -0.2) is 31.7 Å². The van der Waals surface area contributed by atoms with E-state index in [2.05, 4.69) is 32.7 Å². The molecule has 0 atom stereocenters. The molecule has 0 saturated heterocycles. The number of pyridine rings is 1. The minimum Gasteiger partial charge on any atom is -0.496 e. The van der Waals surface area contributed by atoms with Gasteiger partial charge in [-0.15, -0.1) is 24.0 Å². The van der Waals surface area contributed by atoms with E-state index in [0.29, 0.717) is 19.0 Å². The number of aromatic nitrogens is 1. The molecule has 0 aliphatic heterocycles. The van der Waals surface area contributed by atoms with Crippen LogP contribution >= 0.6 is 24.0 Å². The maximum atomic E-state index is 5.45. The fraction of sp³-hybridized carbons (Fsp3) is 0.368. The maximum absolute atomic E-state index is 5.45. The molecule has 0 aliphatic carbocycles. The Balaban J connectivity index is 0.00000338. The average Bonchev–Trinajstić information content (AvgIpc) is 2.64. The molecule has 0 bridgehead atoms. The molecule has 142 valence electrons. The van der Waals surface area contributed by atoms with Crippen LogP contribution in [0.2, 0.25) is 0 Å². The van der Waals surface area contributed by atoms with Gasteiger partial charge < -0.3 is 20.1 Å². The first-order valence-electron chi connectivity index (χ1n) is 8.31. The van der Waals surface area contributed by atoms with Crippen molar-refractivity contribution in [3.8, 4) is 11.6 Å². The van der Waals surface area contributed by atoms with Gasteiger partial charge in [0.05, 0.1) is 20.8 Å². The van der Waals surface area contributed by atoms with Crippen molar-refractivity contribution in [1.82, 2.24) is 15.6 Å². The lowest BCUT2D eigenvalue weighted by Crippen LogP contribution is -2.36. The van der Waals surface area contributed by atoms with Crippen LogP contribution in [0.25, 0.3) is 0 Å². The number of nitrogens with zero attached hydrogens (tertiary/aromatic N) is 2. The molecule has 1 heterocycles. The molecular weight excluding hydrogens is 443 g/mol. The van der Waals surface area contributed by atoms with Gasteiger partial charge in [-0.1, -0.05) is 12.1 Å². The summed E-state index contributed by atoms with van der Waals surface area (Å²) in [6.07, 6.45) is 1.72. The Hall–Kier alpha value is -2.03. The van der Waals surface area contributed by atoms with E-state index in [1.165, 1.54) is 5.56 Å². The van der Waals surface area contributed by atoms with Gasteiger partial charge in [0.15, 0.2) is 5.96 Å². The topological polar surface area (TPSA) is 67.8 Å². The van der Waals surface area contributed by atoms with Gasteiger partial charge in [-0.2, -0.15) is 0 Å². The number of halogens is 1. The zero-order valence-electron chi connectivity index (χ0n) is 15.7. The van der Waals surface area contributed by atoms with Crippen LogP contribution in [0.4, 0.5) is 0 Å². The van der Waals surface area contributed by atoms with Gasteiger partial charge in [0.25, 0.3) is 0 Å². The highest BCUT2D eigenvalue weighted by atomic mass is 127. The molecule has 0 fully saturated rings. The lowest BCUT2D eigenvalue weighted by molar-refractivity contribution is 0.397. The minimum atomic E-state index is 0. The Bertz CT molecular complexity index is 722. The highest BCUT2D eigenvalue weighted by Crippen LogP contribution is 2.19. The van der Waals surface area contributed by atoms with E-state index in [0.717, 1.165) is 29.4 Å². The summed E-state index contributed by atoms with van der Waals surface area (Å²) in [5.74, 6) is 2.22. The standard InChI is InChI=1S/C19H26N4O2.HI/c1-5-20-19(22-12-15-8-9-21-18(11-15)25-4)23-13-16-7-6-14(2)10-17(16)24-3;/h6-11H,5,12-13H2,1-4H3,(H2,20,22,23);1H. The monoisotopic (exact) mass is 470 g/mol. The number of hydrogen-bond donors (Lipinski definition) is 2. The number of hydrogen-bond acceptors (Lipinski definition) is 4. The van der Waals surface area contributed by atoms with Crippen molar-refractivity contribution in [3.63, 3.8) is 0 Å². The summed E-state index contributed by atoms with van der Waals surface area (Å²) in [6.45, 7) is 6.05. The van der Waals surface area contributed by atoms with Crippen LogP contribution in [0.3, 0.4) is 0 Å². The van der Waals surface area contributed by atoms with Gasteiger partial charge in [-0.25, -0.2) is 9.98 Å². The number of rotatable bonds is 7.